The Labute approximate surface area is 169 Å². The molecule has 0 aliphatic heterocycles. The average Bonchev–Trinajstić information content (AvgIpc) is 2.63. The first-order valence-corrected chi connectivity index (χ1v) is 10.5. The first-order valence-electron chi connectivity index (χ1n) is 8.72. The van der Waals surface area contributed by atoms with E-state index in [0.29, 0.717) is 29.2 Å². The third-order valence-corrected chi connectivity index (χ3v) is 4.74. The number of nitrogens with one attached hydrogen (secondary N) is 2. The smallest absolute Gasteiger partial charge is 0.328 e. The van der Waals surface area contributed by atoms with Crippen LogP contribution in [0.5, 0.6) is 0 Å². The highest BCUT2D eigenvalue weighted by atomic mass is 35.5. The Hall–Kier alpha value is -1.73. The first-order chi connectivity index (χ1) is 12.8. The second-order valence-electron chi connectivity index (χ2n) is 6.53. The molecule has 1 aromatic carbocycles. The lowest BCUT2D eigenvalue weighted by Gasteiger charge is -2.23. The SMILES string of the molecule is COC(=O)[C@H](CCSC)NC(=O)[C@@H](CC(C)C)NC(=O)c1ccc(Cl)cc1. The molecule has 1 rings (SSSR count). The maximum absolute atomic E-state index is 12.7. The fourth-order valence-corrected chi connectivity index (χ4v) is 3.04. The van der Waals surface area contributed by atoms with Gasteiger partial charge in [-0.05, 0) is 55.0 Å². The molecular formula is C19H27ClN2O4S. The van der Waals surface area contributed by atoms with Gasteiger partial charge in [-0.15, -0.1) is 0 Å². The van der Waals surface area contributed by atoms with Crippen molar-refractivity contribution in [2.45, 2.75) is 38.8 Å². The van der Waals surface area contributed by atoms with Gasteiger partial charge in [0.05, 0.1) is 7.11 Å². The monoisotopic (exact) mass is 414 g/mol. The molecule has 6 nitrogen and oxygen atoms in total. The molecule has 8 heteroatoms. The van der Waals surface area contributed by atoms with Gasteiger partial charge in [0, 0.05) is 10.6 Å². The number of ether oxygens (including phenoxy) is 1. The Morgan fingerprint density at radius 1 is 1.11 bits per heavy atom. The summed E-state index contributed by atoms with van der Waals surface area (Å²) in [4.78, 5) is 37.1. The van der Waals surface area contributed by atoms with E-state index < -0.39 is 24.0 Å². The molecule has 0 fully saturated rings. The van der Waals surface area contributed by atoms with E-state index in [4.69, 9.17) is 16.3 Å². The van der Waals surface area contributed by atoms with E-state index in [1.54, 1.807) is 36.0 Å². The van der Waals surface area contributed by atoms with Crippen molar-refractivity contribution >= 4 is 41.1 Å². The van der Waals surface area contributed by atoms with Crippen LogP contribution in [0, 0.1) is 5.92 Å². The molecule has 0 aliphatic rings. The number of benzene rings is 1. The number of esters is 1. The molecule has 0 aliphatic carbocycles. The Balaban J connectivity index is 2.86. The lowest BCUT2D eigenvalue weighted by molar-refractivity contribution is -0.145. The van der Waals surface area contributed by atoms with Crippen molar-refractivity contribution in [2.75, 3.05) is 19.1 Å². The summed E-state index contributed by atoms with van der Waals surface area (Å²) in [5.41, 5.74) is 0.410. The highest BCUT2D eigenvalue weighted by Crippen LogP contribution is 2.12. The van der Waals surface area contributed by atoms with Crippen LogP contribution in [0.4, 0.5) is 0 Å². The minimum absolute atomic E-state index is 0.175. The number of carbonyl (C=O) groups excluding carboxylic acids is 3. The minimum atomic E-state index is -0.755. The molecule has 0 aromatic heterocycles. The summed E-state index contributed by atoms with van der Waals surface area (Å²) in [6, 6.07) is 4.93. The third-order valence-electron chi connectivity index (χ3n) is 3.85. The molecule has 2 amide bonds. The lowest BCUT2D eigenvalue weighted by Crippen LogP contribution is -2.52. The van der Waals surface area contributed by atoms with Crippen molar-refractivity contribution in [1.82, 2.24) is 10.6 Å². The van der Waals surface area contributed by atoms with Crippen LogP contribution in [-0.2, 0) is 14.3 Å². The molecule has 1 aromatic rings. The summed E-state index contributed by atoms with van der Waals surface area (Å²) in [5, 5.41) is 5.99. The highest BCUT2D eigenvalue weighted by Gasteiger charge is 2.27. The minimum Gasteiger partial charge on any atom is -0.467 e. The predicted molar refractivity (Wildman–Crippen MR) is 109 cm³/mol. The highest BCUT2D eigenvalue weighted by molar-refractivity contribution is 7.98. The van der Waals surface area contributed by atoms with Gasteiger partial charge in [-0.25, -0.2) is 4.79 Å². The van der Waals surface area contributed by atoms with Crippen molar-refractivity contribution in [3.05, 3.63) is 34.9 Å². The molecule has 27 heavy (non-hydrogen) atoms. The van der Waals surface area contributed by atoms with Gasteiger partial charge in [0.15, 0.2) is 0 Å². The van der Waals surface area contributed by atoms with Gasteiger partial charge in [0.25, 0.3) is 5.91 Å². The molecule has 0 bridgehead atoms. The number of carbonyl (C=O) groups is 3. The van der Waals surface area contributed by atoms with Crippen molar-refractivity contribution in [1.29, 1.82) is 0 Å². The molecule has 2 N–H and O–H groups in total. The van der Waals surface area contributed by atoms with Crippen LogP contribution >= 0.6 is 23.4 Å². The van der Waals surface area contributed by atoms with Gasteiger partial charge >= 0.3 is 5.97 Å². The van der Waals surface area contributed by atoms with E-state index in [9.17, 15) is 14.4 Å². The van der Waals surface area contributed by atoms with Gasteiger partial charge in [-0.2, -0.15) is 11.8 Å². The van der Waals surface area contributed by atoms with E-state index in [1.165, 1.54) is 7.11 Å². The zero-order chi connectivity index (χ0) is 20.4. The zero-order valence-electron chi connectivity index (χ0n) is 16.1. The molecule has 150 valence electrons. The predicted octanol–water partition coefficient (Wildman–Crippen LogP) is 2.90. The zero-order valence-corrected chi connectivity index (χ0v) is 17.7. The molecule has 0 saturated carbocycles. The summed E-state index contributed by atoms with van der Waals surface area (Å²) >= 11 is 7.42. The Bertz CT molecular complexity index is 637. The van der Waals surface area contributed by atoms with Crippen LogP contribution in [0.2, 0.25) is 5.02 Å². The summed E-state index contributed by atoms with van der Waals surface area (Å²) < 4.78 is 4.77. The van der Waals surface area contributed by atoms with Gasteiger partial charge < -0.3 is 15.4 Å². The number of hydrogen-bond donors (Lipinski definition) is 2. The molecular weight excluding hydrogens is 388 g/mol. The average molecular weight is 415 g/mol. The number of halogens is 1. The van der Waals surface area contributed by atoms with Crippen LogP contribution in [0.1, 0.15) is 37.0 Å². The second kappa shape index (κ2) is 11.9. The number of hydrogen-bond acceptors (Lipinski definition) is 5. The van der Waals surface area contributed by atoms with Gasteiger partial charge in [0.2, 0.25) is 5.91 Å². The summed E-state index contributed by atoms with van der Waals surface area (Å²) in [5.74, 6) is -0.390. The summed E-state index contributed by atoms with van der Waals surface area (Å²) in [6.45, 7) is 3.92. The molecule has 0 spiro atoms. The topological polar surface area (TPSA) is 84.5 Å². The molecule has 0 heterocycles. The van der Waals surface area contributed by atoms with E-state index >= 15 is 0 Å². The quantitative estimate of drug-likeness (QED) is 0.575. The molecule has 0 saturated heterocycles. The van der Waals surface area contributed by atoms with Crippen molar-refractivity contribution in [3.8, 4) is 0 Å². The third kappa shape index (κ3) is 8.22. The van der Waals surface area contributed by atoms with E-state index in [-0.39, 0.29) is 11.8 Å². The van der Waals surface area contributed by atoms with Gasteiger partial charge in [-0.3, -0.25) is 9.59 Å². The van der Waals surface area contributed by atoms with Crippen LogP contribution < -0.4 is 10.6 Å². The van der Waals surface area contributed by atoms with E-state index in [0.717, 1.165) is 0 Å². The largest absolute Gasteiger partial charge is 0.467 e. The van der Waals surface area contributed by atoms with Crippen LogP contribution in [0.3, 0.4) is 0 Å². The van der Waals surface area contributed by atoms with Gasteiger partial charge in [0.1, 0.15) is 12.1 Å². The van der Waals surface area contributed by atoms with E-state index in [1.807, 2.05) is 20.1 Å². The maximum Gasteiger partial charge on any atom is 0.328 e. The van der Waals surface area contributed by atoms with Gasteiger partial charge in [-0.1, -0.05) is 25.4 Å². The van der Waals surface area contributed by atoms with E-state index in [2.05, 4.69) is 10.6 Å². The second-order valence-corrected chi connectivity index (χ2v) is 7.95. The Morgan fingerprint density at radius 2 is 1.74 bits per heavy atom. The fraction of sp³-hybridized carbons (Fsp3) is 0.526. The maximum atomic E-state index is 12.7. The molecule has 0 unspecified atom stereocenters. The van der Waals surface area contributed by atoms with Crippen molar-refractivity contribution in [2.24, 2.45) is 5.92 Å². The number of amides is 2. The van der Waals surface area contributed by atoms with Crippen molar-refractivity contribution in [3.63, 3.8) is 0 Å². The van der Waals surface area contributed by atoms with Crippen LogP contribution in [-0.4, -0.2) is 49.0 Å². The summed E-state index contributed by atoms with van der Waals surface area (Å²) in [6.07, 6.45) is 2.82. The number of methoxy groups -OCH3 is 1. The molecule has 2 atom stereocenters. The van der Waals surface area contributed by atoms with Crippen LogP contribution in [0.15, 0.2) is 24.3 Å². The first kappa shape index (κ1) is 23.3. The Morgan fingerprint density at radius 3 is 2.26 bits per heavy atom. The number of thioether (sulfide) groups is 1. The standard InChI is InChI=1S/C19H27ClN2O4S/c1-12(2)11-16(22-17(23)13-5-7-14(20)8-6-13)18(24)21-15(9-10-27-4)19(25)26-3/h5-8,12,15-16H,9-11H2,1-4H3,(H,21,24)(H,22,23)/t15-,16+/m0/s1. The molecule has 0 radical (unpaired) electrons. The normalized spacial score (nSPS) is 13.0. The van der Waals surface area contributed by atoms with Crippen molar-refractivity contribution < 1.29 is 19.1 Å². The lowest BCUT2D eigenvalue weighted by atomic mass is 10.0. The Kier molecular flexibility index (Phi) is 10.3. The summed E-state index contributed by atoms with van der Waals surface area (Å²) in [7, 11) is 1.29. The van der Waals surface area contributed by atoms with Crippen LogP contribution in [0.25, 0.3) is 0 Å². The fourth-order valence-electron chi connectivity index (χ4n) is 2.44. The number of rotatable bonds is 10.